The zero-order valence-corrected chi connectivity index (χ0v) is 59.3. The van der Waals surface area contributed by atoms with Crippen molar-refractivity contribution in [2.24, 2.45) is 11.5 Å². The van der Waals surface area contributed by atoms with Crippen LogP contribution >= 0.6 is 54.8 Å². The van der Waals surface area contributed by atoms with Gasteiger partial charge >= 0.3 is 43.4 Å². The second-order valence-corrected chi connectivity index (χ2v) is 29.5. The van der Waals surface area contributed by atoms with Gasteiger partial charge in [-0.2, -0.15) is 23.5 Å². The summed E-state index contributed by atoms with van der Waals surface area (Å²) in [5.74, 6) is 2.28. The summed E-state index contributed by atoms with van der Waals surface area (Å²) < 4.78 is 111. The van der Waals surface area contributed by atoms with Crippen molar-refractivity contribution in [3.05, 3.63) is 0 Å². The van der Waals surface area contributed by atoms with Crippen LogP contribution in [0.3, 0.4) is 0 Å². The van der Waals surface area contributed by atoms with E-state index in [1.807, 2.05) is 23.5 Å². The number of carbonyl (C=O) groups excluding carboxylic acids is 4. The van der Waals surface area contributed by atoms with Gasteiger partial charge in [0.05, 0.1) is 123 Å². The molecule has 0 saturated carbocycles. The zero-order chi connectivity index (χ0) is 68.2. The largest absolute Gasteiger partial charge is 0.471 e. The average molecular weight is 1450 g/mol. The summed E-state index contributed by atoms with van der Waals surface area (Å²) in [7, 11) is -11.0. The molecule has 0 aromatic heterocycles. The maximum Gasteiger partial charge on any atom is 0.471 e. The Morgan fingerprint density at radius 3 is 1.21 bits per heavy atom. The van der Waals surface area contributed by atoms with E-state index in [4.69, 9.17) is 64.0 Å². The van der Waals surface area contributed by atoms with E-state index >= 15 is 0 Å². The van der Waals surface area contributed by atoms with Crippen LogP contribution in [-0.4, -0.2) is 243 Å². The van der Waals surface area contributed by atoms with Gasteiger partial charge in [0.25, 0.3) is 0 Å². The predicted octanol–water partition coefficient (Wildman–Crippen LogP) is 5.05. The molecule has 13 N–H and O–H groups in total. The Morgan fingerprint density at radius 2 is 0.793 bits per heavy atom. The van der Waals surface area contributed by atoms with Gasteiger partial charge in [-0.05, 0) is 64.3 Å². The number of ketones is 1. The number of rotatable bonds is 55. The number of amides is 5. The summed E-state index contributed by atoms with van der Waals surface area (Å²) in [5.41, 5.74) is 10.5. The lowest BCUT2D eigenvalue weighted by Crippen LogP contribution is -2.36. The van der Waals surface area contributed by atoms with E-state index < -0.39 is 31.3 Å². The summed E-state index contributed by atoms with van der Waals surface area (Å²) in [4.78, 5) is 82.4. The highest BCUT2D eigenvalue weighted by Gasteiger charge is 2.43. The summed E-state index contributed by atoms with van der Waals surface area (Å²) in [5, 5.41) is 15.7. The molecule has 0 spiro atoms. The number of nitrogens with one attached hydrogen (secondary N) is 5. The first-order valence-corrected chi connectivity index (χ1v) is 39.3. The highest BCUT2D eigenvalue weighted by Crippen LogP contribution is 2.44. The van der Waals surface area contributed by atoms with Gasteiger partial charge in [0.1, 0.15) is 5.78 Å². The van der Waals surface area contributed by atoms with Crippen molar-refractivity contribution in [3.63, 3.8) is 0 Å². The fourth-order valence-corrected chi connectivity index (χ4v) is 13.6. The minimum atomic E-state index is -3.94. The van der Waals surface area contributed by atoms with Gasteiger partial charge in [0.2, 0.25) is 5.91 Å². The quantitative estimate of drug-likeness (QED) is 0.0215. The number of unbranched alkanes of at least 4 members (excludes halogenated alkanes) is 8. The SMILES string of the molecule is COP(=O)(O)OCCCCCCN.COP(=O)(O)OCCCCCCNC(=O)CCCCC1SCC2NC(=O)NC21.COP(=O)(O)OCCOCCOCCOCCCC(=O)CCCCC1SCC2NC(=O)NC21.COP(=O)(O)OCCOCCOCCOCCN. The van der Waals surface area contributed by atoms with E-state index in [0.29, 0.717) is 128 Å². The highest BCUT2D eigenvalue weighted by atomic mass is 32.2. The Balaban J connectivity index is 0.000000649. The number of nitrogens with two attached hydrogens (primary N) is 2. The molecule has 4 saturated heterocycles. The Kier molecular flexibility index (Phi) is 53.3. The third kappa shape index (κ3) is 48.3. The van der Waals surface area contributed by atoms with Gasteiger partial charge in [0, 0.05) is 89.4 Å². The van der Waals surface area contributed by atoms with Crippen LogP contribution in [0.4, 0.5) is 9.59 Å². The van der Waals surface area contributed by atoms with E-state index in [1.165, 1.54) is 0 Å². The van der Waals surface area contributed by atoms with Gasteiger partial charge in [0.15, 0.2) is 0 Å². The third-order valence-electron chi connectivity index (χ3n) is 13.6. The average Bonchev–Trinajstić information content (AvgIpc) is 1.72. The lowest BCUT2D eigenvalue weighted by atomic mass is 10.0. The Hall–Kier alpha value is -1.50. The fraction of sp³-hybridized carbons (Fsp3) is 0.925. The predicted molar refractivity (Wildman–Crippen MR) is 346 cm³/mol. The molecule has 4 fully saturated rings. The summed E-state index contributed by atoms with van der Waals surface area (Å²) in [6, 6.07) is 0.856. The van der Waals surface area contributed by atoms with Crippen LogP contribution in [0.5, 0.6) is 0 Å². The number of phosphoric ester groups is 4. The number of hydrogen-bond donors (Lipinski definition) is 11. The van der Waals surface area contributed by atoms with Crippen molar-refractivity contribution in [3.8, 4) is 0 Å². The van der Waals surface area contributed by atoms with Crippen LogP contribution in [0.2, 0.25) is 0 Å². The first kappa shape index (κ1) is 88.5. The van der Waals surface area contributed by atoms with Gasteiger partial charge in [-0.1, -0.05) is 38.5 Å². The van der Waals surface area contributed by atoms with Gasteiger partial charge in [-0.3, -0.25) is 45.8 Å². The molecule has 4 aliphatic heterocycles. The van der Waals surface area contributed by atoms with E-state index in [1.54, 1.807) is 0 Å². The first-order valence-electron chi connectivity index (χ1n) is 31.2. The maximum atomic E-state index is 12.0. The third-order valence-corrected chi connectivity index (χ3v) is 20.5. The number of phosphoric acid groups is 4. The number of carbonyl (C=O) groups is 4. The van der Waals surface area contributed by atoms with Crippen molar-refractivity contribution >= 4 is 78.6 Å². The lowest BCUT2D eigenvalue weighted by molar-refractivity contribution is -0.121. The molecule has 0 aromatic rings. The second-order valence-electron chi connectivity index (χ2n) is 20.7. The maximum absolute atomic E-state index is 12.0. The molecule has 10 unspecified atom stereocenters. The van der Waals surface area contributed by atoms with E-state index in [0.717, 1.165) is 123 Å². The van der Waals surface area contributed by atoms with Gasteiger partial charge in [-0.25, -0.2) is 27.8 Å². The molecule has 10 atom stereocenters. The monoisotopic (exact) mass is 1450 g/mol. The molecule has 39 heteroatoms. The Morgan fingerprint density at radius 1 is 0.435 bits per heavy atom. The molecule has 33 nitrogen and oxygen atoms in total. The summed E-state index contributed by atoms with van der Waals surface area (Å²) in [6.45, 7) is 7.03. The van der Waals surface area contributed by atoms with Crippen molar-refractivity contribution < 1.29 is 122 Å². The molecule has 0 radical (unpaired) electrons. The Labute approximate surface area is 551 Å². The second kappa shape index (κ2) is 55.4. The molecule has 0 aliphatic carbocycles. The normalized spacial score (nSPS) is 21.4. The molecule has 0 aromatic carbocycles. The van der Waals surface area contributed by atoms with Crippen molar-refractivity contribution in [2.45, 2.75) is 150 Å². The smallest absolute Gasteiger partial charge is 0.379 e. The molecule has 544 valence electrons. The molecule has 4 rings (SSSR count). The number of Topliss-reactive ketones (excluding diaryl/α,β-unsaturated/α-hetero) is 1. The van der Waals surface area contributed by atoms with Crippen molar-refractivity contribution in [1.29, 1.82) is 0 Å². The van der Waals surface area contributed by atoms with Gasteiger partial charge < -0.3 is 86.0 Å². The van der Waals surface area contributed by atoms with Crippen LogP contribution in [0.15, 0.2) is 0 Å². The van der Waals surface area contributed by atoms with E-state index in [9.17, 15) is 37.4 Å². The van der Waals surface area contributed by atoms with Crippen molar-refractivity contribution in [2.75, 3.05) is 165 Å². The first-order chi connectivity index (χ1) is 44.1. The molecule has 4 heterocycles. The number of ether oxygens (including phenoxy) is 6. The lowest BCUT2D eigenvalue weighted by Gasteiger charge is -2.16. The molecule has 92 heavy (non-hydrogen) atoms. The number of fused-ring (bicyclic) bond motifs is 2. The number of hydrogen-bond acceptors (Lipinski definition) is 26. The molecule has 5 amide bonds. The topological polar surface area (TPSA) is 459 Å². The van der Waals surface area contributed by atoms with Gasteiger partial charge in [-0.15, -0.1) is 0 Å². The van der Waals surface area contributed by atoms with Crippen LogP contribution < -0.4 is 38.1 Å². The summed E-state index contributed by atoms with van der Waals surface area (Å²) in [6.07, 6.45) is 15.2. The number of thioether (sulfide) groups is 2. The van der Waals surface area contributed by atoms with Crippen molar-refractivity contribution in [1.82, 2.24) is 26.6 Å². The molecule has 0 bridgehead atoms. The zero-order valence-electron chi connectivity index (χ0n) is 54.1. The fourth-order valence-electron chi connectivity index (χ4n) is 8.74. The van der Waals surface area contributed by atoms with Crippen LogP contribution in [0, 0.1) is 0 Å². The Bertz CT molecular complexity index is 2140. The molecular weight excluding hydrogens is 1340 g/mol. The number of urea groups is 2. The molecule has 4 aliphatic rings. The minimum absolute atomic E-state index is 0.0127. The highest BCUT2D eigenvalue weighted by molar-refractivity contribution is 8.00. The van der Waals surface area contributed by atoms with Crippen LogP contribution in [-0.2, 0) is 92.5 Å². The van der Waals surface area contributed by atoms with Crippen LogP contribution in [0.25, 0.3) is 0 Å². The van der Waals surface area contributed by atoms with Crippen LogP contribution in [0.1, 0.15) is 116 Å². The van der Waals surface area contributed by atoms with E-state index in [-0.39, 0.29) is 87.6 Å². The summed E-state index contributed by atoms with van der Waals surface area (Å²) >= 11 is 3.80. The molecular formula is C53H109N7O26P4S2. The van der Waals surface area contributed by atoms with E-state index in [2.05, 4.69) is 58.3 Å². The standard InChI is InChI=1S/C20H37N2O9PS.C17H32N3O6PS.C9H22NO7P.C7H18NO4P/c1-27-32(25,26)31-14-13-30-12-11-29-10-9-28-8-4-6-16(23)5-2-3-7-18-19-17(15-33-18)21-20(24)22-19;1-25-27(23,24)26-11-7-3-2-6-10-18-15(21)9-5-4-8-14-16-13(12-28-14)19-17(22)20-16;1-13-18(11,12)17-9-8-16-7-6-15-5-4-14-3-2-10;1-11-13(9,10)12-7-5-3-2-4-6-8/h17-19H,2-15H2,1H3,(H,25,26)(H2,21,22,24);13-14,16H,2-12H2,1H3,(H,18,21)(H,23,24)(H2,19,20,22);2-10H2,1H3,(H,11,12);2-8H2,1H3,(H,9,10). The minimum Gasteiger partial charge on any atom is -0.379 e.